The van der Waals surface area contributed by atoms with E-state index in [-0.39, 0.29) is 5.82 Å². The number of imidazole rings is 1. The Labute approximate surface area is 126 Å². The van der Waals surface area contributed by atoms with Crippen molar-refractivity contribution in [2.45, 2.75) is 26.3 Å². The first-order chi connectivity index (χ1) is 10.2. The summed E-state index contributed by atoms with van der Waals surface area (Å²) in [6, 6.07) is 4.73. The topological polar surface area (TPSA) is 56.7 Å². The van der Waals surface area contributed by atoms with Gasteiger partial charge in [-0.25, -0.2) is 14.4 Å². The number of nitrogens with zero attached hydrogens (tertiary/aromatic N) is 3. The van der Waals surface area contributed by atoms with Crippen LogP contribution in [0.15, 0.2) is 23.6 Å². The number of thiazole rings is 1. The van der Waals surface area contributed by atoms with Crippen LogP contribution in [0, 0.1) is 5.82 Å². The minimum absolute atomic E-state index is 0.266. The fourth-order valence-electron chi connectivity index (χ4n) is 2.40. The Hall–Kier alpha value is -1.79. The molecule has 0 amide bonds. The maximum Gasteiger partial charge on any atom is 0.160 e. The van der Waals surface area contributed by atoms with Gasteiger partial charge in [-0.1, -0.05) is 6.92 Å². The second kappa shape index (κ2) is 5.91. The van der Waals surface area contributed by atoms with Crippen LogP contribution < -0.4 is 5.73 Å². The molecule has 0 radical (unpaired) electrons. The van der Waals surface area contributed by atoms with Crippen LogP contribution in [-0.4, -0.2) is 21.1 Å². The molecule has 1 aromatic carbocycles. The number of hydrogen-bond acceptors (Lipinski definition) is 4. The van der Waals surface area contributed by atoms with Crippen molar-refractivity contribution in [3.8, 4) is 11.5 Å². The van der Waals surface area contributed by atoms with Crippen LogP contribution in [0.4, 0.5) is 4.39 Å². The lowest BCUT2D eigenvalue weighted by atomic mass is 10.3. The third kappa shape index (κ3) is 2.69. The summed E-state index contributed by atoms with van der Waals surface area (Å²) < 4.78 is 15.5. The van der Waals surface area contributed by atoms with Gasteiger partial charge in [0.2, 0.25) is 0 Å². The Morgan fingerprint density at radius 1 is 1.33 bits per heavy atom. The molecular formula is C15H17FN4S. The molecule has 3 rings (SSSR count). The van der Waals surface area contributed by atoms with Crippen LogP contribution in [0.1, 0.15) is 18.4 Å². The van der Waals surface area contributed by atoms with Crippen molar-refractivity contribution in [1.29, 1.82) is 0 Å². The van der Waals surface area contributed by atoms with Gasteiger partial charge in [-0.3, -0.25) is 0 Å². The minimum atomic E-state index is -0.266. The van der Waals surface area contributed by atoms with Gasteiger partial charge in [-0.15, -0.1) is 11.3 Å². The Morgan fingerprint density at radius 2 is 2.19 bits per heavy atom. The fourth-order valence-corrected chi connectivity index (χ4v) is 3.19. The number of aromatic nitrogens is 3. The molecule has 0 aliphatic heterocycles. The van der Waals surface area contributed by atoms with Crippen molar-refractivity contribution in [1.82, 2.24) is 14.5 Å². The molecule has 0 aliphatic rings. The quantitative estimate of drug-likeness (QED) is 0.787. The lowest BCUT2D eigenvalue weighted by Gasteiger charge is -2.05. The monoisotopic (exact) mass is 304 g/mol. The van der Waals surface area contributed by atoms with Crippen molar-refractivity contribution < 1.29 is 4.39 Å². The molecule has 2 aromatic heterocycles. The molecule has 0 spiro atoms. The van der Waals surface area contributed by atoms with Crippen molar-refractivity contribution in [3.05, 3.63) is 34.4 Å². The maximum absolute atomic E-state index is 13.4. The lowest BCUT2D eigenvalue weighted by Crippen LogP contribution is -2.03. The van der Waals surface area contributed by atoms with Crippen molar-refractivity contribution in [2.75, 3.05) is 6.54 Å². The molecule has 0 saturated heterocycles. The average molecular weight is 304 g/mol. The number of hydrogen-bond donors (Lipinski definition) is 1. The molecule has 0 atom stereocenters. The van der Waals surface area contributed by atoms with Gasteiger partial charge in [0.15, 0.2) is 5.82 Å². The third-order valence-corrected chi connectivity index (χ3v) is 4.21. The second-order valence-electron chi connectivity index (χ2n) is 4.89. The SMILES string of the molecule is CCCn1c(-c2csc(CCN)n2)nc2cc(F)ccc21. The first-order valence-corrected chi connectivity index (χ1v) is 7.91. The highest BCUT2D eigenvalue weighted by Gasteiger charge is 2.15. The Balaban J connectivity index is 2.12. The number of rotatable bonds is 5. The first-order valence-electron chi connectivity index (χ1n) is 7.03. The van der Waals surface area contributed by atoms with Crippen LogP contribution >= 0.6 is 11.3 Å². The molecule has 21 heavy (non-hydrogen) atoms. The molecule has 0 unspecified atom stereocenters. The second-order valence-corrected chi connectivity index (χ2v) is 5.83. The molecule has 0 fully saturated rings. The summed E-state index contributed by atoms with van der Waals surface area (Å²) in [6.07, 6.45) is 1.75. The van der Waals surface area contributed by atoms with Crippen molar-refractivity contribution in [3.63, 3.8) is 0 Å². The molecule has 0 bridgehead atoms. The van der Waals surface area contributed by atoms with E-state index in [4.69, 9.17) is 5.73 Å². The summed E-state index contributed by atoms with van der Waals surface area (Å²) in [5.74, 6) is 0.536. The first kappa shape index (κ1) is 14.2. The highest BCUT2D eigenvalue weighted by Crippen LogP contribution is 2.27. The summed E-state index contributed by atoms with van der Waals surface area (Å²) in [5.41, 5.74) is 8.03. The van der Waals surface area contributed by atoms with Gasteiger partial charge in [0.05, 0.1) is 16.0 Å². The zero-order valence-electron chi connectivity index (χ0n) is 11.8. The molecule has 0 aliphatic carbocycles. The predicted octanol–water partition coefficient (Wildman–Crippen LogP) is 3.21. The maximum atomic E-state index is 13.4. The van der Waals surface area contributed by atoms with Gasteiger partial charge in [0.25, 0.3) is 0 Å². The smallest absolute Gasteiger partial charge is 0.160 e. The zero-order chi connectivity index (χ0) is 14.8. The van der Waals surface area contributed by atoms with Gasteiger partial charge in [-0.2, -0.15) is 0 Å². The van der Waals surface area contributed by atoms with E-state index in [1.54, 1.807) is 17.4 Å². The number of benzene rings is 1. The zero-order valence-corrected chi connectivity index (χ0v) is 12.7. The molecule has 110 valence electrons. The summed E-state index contributed by atoms with van der Waals surface area (Å²) in [5, 5.41) is 3.00. The number of fused-ring (bicyclic) bond motifs is 1. The Bertz CT molecular complexity index is 762. The third-order valence-electron chi connectivity index (χ3n) is 3.30. The molecule has 2 heterocycles. The largest absolute Gasteiger partial charge is 0.330 e. The van der Waals surface area contributed by atoms with Crippen LogP contribution in [-0.2, 0) is 13.0 Å². The van der Waals surface area contributed by atoms with Gasteiger partial charge < -0.3 is 10.3 Å². The van der Waals surface area contributed by atoms with Crippen molar-refractivity contribution >= 4 is 22.4 Å². The molecule has 3 aromatic rings. The molecular weight excluding hydrogens is 287 g/mol. The number of halogens is 1. The van der Waals surface area contributed by atoms with E-state index in [0.29, 0.717) is 12.1 Å². The van der Waals surface area contributed by atoms with E-state index in [1.807, 2.05) is 5.38 Å². The normalized spacial score (nSPS) is 11.4. The van der Waals surface area contributed by atoms with Crippen molar-refractivity contribution in [2.24, 2.45) is 5.73 Å². The molecule has 6 heteroatoms. The van der Waals surface area contributed by atoms with Crippen LogP contribution in [0.3, 0.4) is 0 Å². The summed E-state index contributed by atoms with van der Waals surface area (Å²) in [7, 11) is 0. The van der Waals surface area contributed by atoms with Gasteiger partial charge in [0.1, 0.15) is 11.5 Å². The average Bonchev–Trinajstić information content (AvgIpc) is 3.04. The van der Waals surface area contributed by atoms with Gasteiger partial charge in [-0.05, 0) is 25.1 Å². The molecule has 4 nitrogen and oxygen atoms in total. The number of nitrogens with two attached hydrogens (primary N) is 1. The van der Waals surface area contributed by atoms with E-state index in [0.717, 1.165) is 41.4 Å². The minimum Gasteiger partial charge on any atom is -0.330 e. The Kier molecular flexibility index (Phi) is 3.98. The fraction of sp³-hybridized carbons (Fsp3) is 0.333. The Morgan fingerprint density at radius 3 is 2.95 bits per heavy atom. The highest BCUT2D eigenvalue weighted by molar-refractivity contribution is 7.09. The van der Waals surface area contributed by atoms with E-state index in [2.05, 4.69) is 21.5 Å². The van der Waals surface area contributed by atoms with E-state index in [1.165, 1.54) is 12.1 Å². The van der Waals surface area contributed by atoms with Crippen LogP contribution in [0.2, 0.25) is 0 Å². The predicted molar refractivity (Wildman–Crippen MR) is 83.8 cm³/mol. The van der Waals surface area contributed by atoms with Gasteiger partial charge >= 0.3 is 0 Å². The lowest BCUT2D eigenvalue weighted by molar-refractivity contribution is 0.629. The highest BCUT2D eigenvalue weighted by atomic mass is 32.1. The van der Waals surface area contributed by atoms with E-state index >= 15 is 0 Å². The van der Waals surface area contributed by atoms with E-state index in [9.17, 15) is 4.39 Å². The summed E-state index contributed by atoms with van der Waals surface area (Å²) in [4.78, 5) is 9.16. The van der Waals surface area contributed by atoms with Crippen LogP contribution in [0.25, 0.3) is 22.6 Å². The van der Waals surface area contributed by atoms with E-state index < -0.39 is 0 Å². The summed E-state index contributed by atoms with van der Waals surface area (Å²) in [6.45, 7) is 3.53. The summed E-state index contributed by atoms with van der Waals surface area (Å²) >= 11 is 1.59. The number of aryl methyl sites for hydroxylation is 1. The standard InChI is InChI=1S/C15H17FN4S/c1-2-7-20-13-4-3-10(16)8-11(13)19-15(20)12-9-21-14(18-12)5-6-17/h3-4,8-9H,2,5-7,17H2,1H3. The van der Waals surface area contributed by atoms with Crippen LogP contribution in [0.5, 0.6) is 0 Å². The van der Waals surface area contributed by atoms with Gasteiger partial charge in [0, 0.05) is 24.4 Å². The molecule has 2 N–H and O–H groups in total. The molecule has 0 saturated carbocycles.